The molecule has 0 radical (unpaired) electrons. The highest BCUT2D eigenvalue weighted by Gasteiger charge is 2.17. The van der Waals surface area contributed by atoms with E-state index >= 15 is 0 Å². The molecule has 0 saturated heterocycles. The van der Waals surface area contributed by atoms with Crippen LogP contribution >= 0.6 is 0 Å². The highest BCUT2D eigenvalue weighted by atomic mass is 16.5. The average Bonchev–Trinajstić information content (AvgIpc) is 3.14. The third-order valence-corrected chi connectivity index (χ3v) is 4.43. The molecule has 26 heavy (non-hydrogen) atoms. The summed E-state index contributed by atoms with van der Waals surface area (Å²) in [7, 11) is 0. The lowest BCUT2D eigenvalue weighted by Crippen LogP contribution is -2.14. The van der Waals surface area contributed by atoms with Crippen molar-refractivity contribution in [1.29, 1.82) is 0 Å². The fraction of sp³-hybridized carbons (Fsp3) is 0.350. The normalized spacial score (nSPS) is 14.2. The van der Waals surface area contributed by atoms with Crippen molar-refractivity contribution in [2.24, 2.45) is 0 Å². The van der Waals surface area contributed by atoms with Crippen LogP contribution in [0.2, 0.25) is 0 Å². The van der Waals surface area contributed by atoms with E-state index in [1.807, 2.05) is 12.1 Å². The first-order valence-corrected chi connectivity index (χ1v) is 8.85. The Balaban J connectivity index is 1.54. The molecule has 2 N–H and O–H groups in total. The maximum atomic E-state index is 12.3. The summed E-state index contributed by atoms with van der Waals surface area (Å²) in [5.41, 5.74) is 2.03. The van der Waals surface area contributed by atoms with Crippen molar-refractivity contribution in [3.05, 3.63) is 53.7 Å². The molecule has 1 amide bonds. The van der Waals surface area contributed by atoms with Crippen LogP contribution < -0.4 is 10.1 Å². The molecule has 1 fully saturated rings. The number of amides is 1. The quantitative estimate of drug-likeness (QED) is 0.792. The Hall–Kier alpha value is -2.89. The van der Waals surface area contributed by atoms with Crippen molar-refractivity contribution < 1.29 is 19.4 Å². The van der Waals surface area contributed by atoms with Crippen LogP contribution in [-0.4, -0.2) is 28.1 Å². The molecular weight excluding hydrogens is 332 g/mol. The van der Waals surface area contributed by atoms with E-state index in [2.05, 4.69) is 10.3 Å². The monoisotopic (exact) mass is 354 g/mol. The molecule has 1 aromatic carbocycles. The zero-order valence-corrected chi connectivity index (χ0v) is 14.5. The molecule has 6 nitrogen and oxygen atoms in total. The number of aliphatic carboxylic acids is 1. The highest BCUT2D eigenvalue weighted by molar-refractivity contribution is 6.04. The minimum absolute atomic E-state index is 0.0899. The molecule has 0 spiro atoms. The largest absolute Gasteiger partial charge is 0.481 e. The zero-order chi connectivity index (χ0) is 18.4. The number of hydrogen-bond donors (Lipinski definition) is 2. The number of rotatable bonds is 7. The number of benzene rings is 1. The predicted octanol–water partition coefficient (Wildman–Crippen LogP) is 3.67. The van der Waals surface area contributed by atoms with Crippen molar-refractivity contribution in [1.82, 2.24) is 4.98 Å². The third kappa shape index (κ3) is 5.05. The second kappa shape index (κ2) is 8.47. The van der Waals surface area contributed by atoms with E-state index < -0.39 is 5.97 Å². The van der Waals surface area contributed by atoms with Gasteiger partial charge in [-0.3, -0.25) is 9.59 Å². The molecule has 1 aromatic heterocycles. The minimum atomic E-state index is -0.824. The summed E-state index contributed by atoms with van der Waals surface area (Å²) in [5.74, 6) is -0.519. The summed E-state index contributed by atoms with van der Waals surface area (Å²) >= 11 is 0. The molecule has 1 aliphatic rings. The number of aryl methyl sites for hydroxylation is 1. The van der Waals surface area contributed by atoms with Gasteiger partial charge in [0.05, 0.1) is 5.56 Å². The number of carboxylic acids is 1. The van der Waals surface area contributed by atoms with Crippen molar-refractivity contribution in [2.45, 2.75) is 44.6 Å². The van der Waals surface area contributed by atoms with Crippen LogP contribution in [0.3, 0.4) is 0 Å². The highest BCUT2D eigenvalue weighted by Crippen LogP contribution is 2.23. The van der Waals surface area contributed by atoms with E-state index in [4.69, 9.17) is 9.84 Å². The molecule has 1 saturated carbocycles. The van der Waals surface area contributed by atoms with E-state index in [0.717, 1.165) is 18.4 Å². The molecule has 0 bridgehead atoms. The Morgan fingerprint density at radius 3 is 2.46 bits per heavy atom. The number of hydrogen-bond acceptors (Lipinski definition) is 4. The van der Waals surface area contributed by atoms with Crippen LogP contribution in [0, 0.1) is 0 Å². The van der Waals surface area contributed by atoms with Crippen LogP contribution in [0.1, 0.15) is 48.0 Å². The number of carbonyl (C=O) groups excluding carboxylic acids is 1. The fourth-order valence-corrected chi connectivity index (χ4v) is 2.97. The van der Waals surface area contributed by atoms with Crippen LogP contribution in [0.15, 0.2) is 42.6 Å². The summed E-state index contributed by atoms with van der Waals surface area (Å²) in [5, 5.41) is 11.5. The summed E-state index contributed by atoms with van der Waals surface area (Å²) in [6, 6.07) is 10.6. The molecule has 0 atom stereocenters. The van der Waals surface area contributed by atoms with Gasteiger partial charge in [0.2, 0.25) is 5.88 Å². The summed E-state index contributed by atoms with van der Waals surface area (Å²) < 4.78 is 5.80. The topological polar surface area (TPSA) is 88.5 Å². The maximum Gasteiger partial charge on any atom is 0.303 e. The lowest BCUT2D eigenvalue weighted by molar-refractivity contribution is -0.136. The maximum absolute atomic E-state index is 12.3. The Morgan fingerprint density at radius 2 is 1.85 bits per heavy atom. The van der Waals surface area contributed by atoms with Crippen molar-refractivity contribution in [3.8, 4) is 5.88 Å². The number of aromatic nitrogens is 1. The second-order valence-corrected chi connectivity index (χ2v) is 6.45. The van der Waals surface area contributed by atoms with Gasteiger partial charge in [-0.05, 0) is 55.9 Å². The van der Waals surface area contributed by atoms with E-state index in [1.165, 1.54) is 19.0 Å². The minimum Gasteiger partial charge on any atom is -0.481 e. The summed E-state index contributed by atoms with van der Waals surface area (Å²) in [6.45, 7) is 0. The number of carboxylic acid groups (broad SMARTS) is 1. The SMILES string of the molecule is O=C(O)CCc1ccc(NC(=O)c2ccc(OC3CCCC3)nc2)cc1. The van der Waals surface area contributed by atoms with Crippen LogP contribution in [-0.2, 0) is 11.2 Å². The molecule has 6 heteroatoms. The summed E-state index contributed by atoms with van der Waals surface area (Å²) in [6.07, 6.45) is 6.82. The molecule has 1 aliphatic carbocycles. The van der Waals surface area contributed by atoms with E-state index in [1.54, 1.807) is 24.3 Å². The van der Waals surface area contributed by atoms with Crippen LogP contribution in [0.5, 0.6) is 5.88 Å². The van der Waals surface area contributed by atoms with Gasteiger partial charge < -0.3 is 15.2 Å². The molecule has 0 unspecified atom stereocenters. The lowest BCUT2D eigenvalue weighted by Gasteiger charge is -2.12. The fourth-order valence-electron chi connectivity index (χ4n) is 2.97. The second-order valence-electron chi connectivity index (χ2n) is 6.45. The van der Waals surface area contributed by atoms with E-state index in [9.17, 15) is 9.59 Å². The molecule has 1 heterocycles. The van der Waals surface area contributed by atoms with Gasteiger partial charge in [-0.15, -0.1) is 0 Å². The van der Waals surface area contributed by atoms with Gasteiger partial charge in [0.15, 0.2) is 0 Å². The number of carbonyl (C=O) groups is 2. The average molecular weight is 354 g/mol. The van der Waals surface area contributed by atoms with E-state index in [-0.39, 0.29) is 18.4 Å². The first-order valence-electron chi connectivity index (χ1n) is 8.85. The van der Waals surface area contributed by atoms with Crippen LogP contribution in [0.4, 0.5) is 5.69 Å². The number of nitrogens with one attached hydrogen (secondary N) is 1. The molecule has 136 valence electrons. The molecular formula is C20H22N2O4. The third-order valence-electron chi connectivity index (χ3n) is 4.43. The van der Waals surface area contributed by atoms with Gasteiger partial charge in [0.25, 0.3) is 5.91 Å². The van der Waals surface area contributed by atoms with Crippen molar-refractivity contribution >= 4 is 17.6 Å². The number of nitrogens with zero attached hydrogens (tertiary/aromatic N) is 1. The molecule has 0 aliphatic heterocycles. The molecule has 2 aromatic rings. The zero-order valence-electron chi connectivity index (χ0n) is 14.5. The Kier molecular flexibility index (Phi) is 5.84. The van der Waals surface area contributed by atoms with Gasteiger partial charge in [0.1, 0.15) is 6.10 Å². The molecule has 3 rings (SSSR count). The smallest absolute Gasteiger partial charge is 0.303 e. The van der Waals surface area contributed by atoms with Gasteiger partial charge in [-0.1, -0.05) is 12.1 Å². The summed E-state index contributed by atoms with van der Waals surface area (Å²) in [4.78, 5) is 27.1. The van der Waals surface area contributed by atoms with Crippen molar-refractivity contribution in [2.75, 3.05) is 5.32 Å². The first kappa shape index (κ1) is 17.9. The lowest BCUT2D eigenvalue weighted by atomic mass is 10.1. The number of anilines is 1. The first-order chi connectivity index (χ1) is 12.6. The Morgan fingerprint density at radius 1 is 1.12 bits per heavy atom. The predicted molar refractivity (Wildman–Crippen MR) is 97.5 cm³/mol. The van der Waals surface area contributed by atoms with Crippen LogP contribution in [0.25, 0.3) is 0 Å². The Bertz CT molecular complexity index is 750. The van der Waals surface area contributed by atoms with E-state index in [0.29, 0.717) is 23.6 Å². The van der Waals surface area contributed by atoms with Gasteiger partial charge in [-0.25, -0.2) is 4.98 Å². The van der Waals surface area contributed by atoms with Gasteiger partial charge in [0, 0.05) is 24.4 Å². The van der Waals surface area contributed by atoms with Crippen molar-refractivity contribution in [3.63, 3.8) is 0 Å². The number of pyridine rings is 1. The van der Waals surface area contributed by atoms with Gasteiger partial charge >= 0.3 is 5.97 Å². The Labute approximate surface area is 152 Å². The van der Waals surface area contributed by atoms with Gasteiger partial charge in [-0.2, -0.15) is 0 Å². The number of ether oxygens (including phenoxy) is 1. The standard InChI is InChI=1S/C20H22N2O4/c23-19(24)12-7-14-5-9-16(10-6-14)22-20(25)15-8-11-18(21-13-15)26-17-3-1-2-4-17/h5-6,8-11,13,17H,1-4,7,12H2,(H,22,25)(H,23,24).